The lowest BCUT2D eigenvalue weighted by atomic mass is 10.2. The number of pyridine rings is 1. The Labute approximate surface area is 164 Å². The number of anilines is 1. The number of benzene rings is 1. The summed E-state index contributed by atoms with van der Waals surface area (Å²) in [5.74, 6) is 0.156. The van der Waals surface area contributed by atoms with Crippen LogP contribution in [0.4, 0.5) is 5.69 Å². The van der Waals surface area contributed by atoms with Crippen LogP contribution in [-0.2, 0) is 11.3 Å². The fraction of sp³-hybridized carbons (Fsp3) is 0.368. The summed E-state index contributed by atoms with van der Waals surface area (Å²) < 4.78 is 0. The SMILES string of the molecule is CN(CC(=O)N1CCN(c2ccc(Cl)cc2Cl)CC1)Cc1ccncc1. The van der Waals surface area contributed by atoms with Crippen molar-refractivity contribution in [2.75, 3.05) is 44.7 Å². The van der Waals surface area contributed by atoms with Crippen molar-refractivity contribution in [1.82, 2.24) is 14.8 Å². The number of aromatic nitrogens is 1. The van der Waals surface area contributed by atoms with Crippen molar-refractivity contribution in [3.8, 4) is 0 Å². The van der Waals surface area contributed by atoms with Gasteiger partial charge in [0, 0.05) is 50.1 Å². The highest BCUT2D eigenvalue weighted by molar-refractivity contribution is 6.36. The van der Waals surface area contributed by atoms with Gasteiger partial charge in [0.15, 0.2) is 0 Å². The number of piperazine rings is 1. The summed E-state index contributed by atoms with van der Waals surface area (Å²) in [6.45, 7) is 4.06. The molecular weight excluding hydrogens is 371 g/mol. The predicted octanol–water partition coefficient (Wildman–Crippen LogP) is 3.17. The molecule has 0 saturated carbocycles. The number of carbonyl (C=O) groups excluding carboxylic acids is 1. The second kappa shape index (κ2) is 8.71. The summed E-state index contributed by atoms with van der Waals surface area (Å²) in [6.07, 6.45) is 3.54. The maximum atomic E-state index is 12.6. The molecule has 1 saturated heterocycles. The normalized spacial score (nSPS) is 14.8. The molecule has 2 aromatic rings. The van der Waals surface area contributed by atoms with Gasteiger partial charge >= 0.3 is 0 Å². The van der Waals surface area contributed by atoms with E-state index in [1.165, 1.54) is 0 Å². The minimum absolute atomic E-state index is 0.156. The molecule has 1 aromatic carbocycles. The summed E-state index contributed by atoms with van der Waals surface area (Å²) in [5.41, 5.74) is 2.12. The first kappa shape index (κ1) is 19.0. The molecule has 0 unspecified atom stereocenters. The maximum absolute atomic E-state index is 12.6. The van der Waals surface area contributed by atoms with Crippen LogP contribution in [0, 0.1) is 0 Å². The van der Waals surface area contributed by atoms with Crippen LogP contribution in [0.1, 0.15) is 5.56 Å². The summed E-state index contributed by atoms with van der Waals surface area (Å²) in [5, 5.41) is 1.28. The number of hydrogen-bond acceptors (Lipinski definition) is 4. The topological polar surface area (TPSA) is 39.7 Å². The van der Waals surface area contributed by atoms with E-state index in [1.54, 1.807) is 18.5 Å². The molecule has 0 spiro atoms. The molecule has 7 heteroatoms. The van der Waals surface area contributed by atoms with E-state index >= 15 is 0 Å². The fourth-order valence-corrected chi connectivity index (χ4v) is 3.65. The maximum Gasteiger partial charge on any atom is 0.236 e. The third-order valence-corrected chi connectivity index (χ3v) is 5.03. The molecule has 2 heterocycles. The molecule has 1 aliphatic heterocycles. The standard InChI is InChI=1S/C19H22Cl2N4O/c1-23(13-15-4-6-22-7-5-15)14-19(26)25-10-8-24(9-11-25)18-3-2-16(20)12-17(18)21/h2-7,12H,8-11,13-14H2,1H3. The van der Waals surface area contributed by atoms with Gasteiger partial charge in [-0.25, -0.2) is 0 Å². The predicted molar refractivity (Wildman–Crippen MR) is 106 cm³/mol. The molecule has 26 heavy (non-hydrogen) atoms. The highest BCUT2D eigenvalue weighted by Crippen LogP contribution is 2.29. The highest BCUT2D eigenvalue weighted by Gasteiger charge is 2.23. The van der Waals surface area contributed by atoms with Crippen LogP contribution >= 0.6 is 23.2 Å². The van der Waals surface area contributed by atoms with Gasteiger partial charge < -0.3 is 9.80 Å². The van der Waals surface area contributed by atoms with E-state index in [1.807, 2.05) is 41.1 Å². The van der Waals surface area contributed by atoms with Crippen molar-refractivity contribution in [2.24, 2.45) is 0 Å². The van der Waals surface area contributed by atoms with Crippen LogP contribution in [0.2, 0.25) is 10.0 Å². The zero-order valence-electron chi connectivity index (χ0n) is 14.7. The van der Waals surface area contributed by atoms with Crippen molar-refractivity contribution >= 4 is 34.8 Å². The Kier molecular flexibility index (Phi) is 6.35. The summed E-state index contributed by atoms with van der Waals surface area (Å²) in [6, 6.07) is 9.47. The number of likely N-dealkylation sites (N-methyl/N-ethyl adjacent to an activating group) is 1. The van der Waals surface area contributed by atoms with E-state index in [4.69, 9.17) is 23.2 Å². The molecule has 0 radical (unpaired) electrons. The summed E-state index contributed by atoms with van der Waals surface area (Å²) in [7, 11) is 1.96. The zero-order chi connectivity index (χ0) is 18.5. The molecule has 1 fully saturated rings. The lowest BCUT2D eigenvalue weighted by Crippen LogP contribution is -2.51. The number of carbonyl (C=O) groups is 1. The Morgan fingerprint density at radius 3 is 2.46 bits per heavy atom. The second-order valence-corrected chi connectivity index (χ2v) is 7.33. The van der Waals surface area contributed by atoms with Crippen LogP contribution in [0.25, 0.3) is 0 Å². The molecule has 0 atom stereocenters. The molecule has 1 aliphatic rings. The van der Waals surface area contributed by atoms with E-state index in [0.29, 0.717) is 29.7 Å². The van der Waals surface area contributed by atoms with Crippen LogP contribution in [0.5, 0.6) is 0 Å². The largest absolute Gasteiger partial charge is 0.367 e. The molecule has 0 bridgehead atoms. The van der Waals surface area contributed by atoms with Crippen LogP contribution in [-0.4, -0.2) is 60.5 Å². The molecule has 1 aromatic heterocycles. The van der Waals surface area contributed by atoms with Gasteiger partial charge in [-0.1, -0.05) is 23.2 Å². The number of amides is 1. The monoisotopic (exact) mass is 392 g/mol. The van der Waals surface area contributed by atoms with Crippen molar-refractivity contribution < 1.29 is 4.79 Å². The average Bonchev–Trinajstić information content (AvgIpc) is 2.62. The third kappa shape index (κ3) is 4.87. The minimum Gasteiger partial charge on any atom is -0.367 e. The molecule has 0 N–H and O–H groups in total. The molecule has 5 nitrogen and oxygen atoms in total. The molecular formula is C19H22Cl2N4O. The summed E-state index contributed by atoms with van der Waals surface area (Å²) >= 11 is 12.3. The van der Waals surface area contributed by atoms with E-state index in [2.05, 4.69) is 9.88 Å². The minimum atomic E-state index is 0.156. The van der Waals surface area contributed by atoms with Gasteiger partial charge in [0.1, 0.15) is 0 Å². The van der Waals surface area contributed by atoms with Gasteiger partial charge in [-0.3, -0.25) is 14.7 Å². The average molecular weight is 393 g/mol. The third-order valence-electron chi connectivity index (χ3n) is 4.49. The van der Waals surface area contributed by atoms with Gasteiger partial charge in [0.05, 0.1) is 17.3 Å². The second-order valence-electron chi connectivity index (χ2n) is 6.49. The highest BCUT2D eigenvalue weighted by atomic mass is 35.5. The Morgan fingerprint density at radius 1 is 1.12 bits per heavy atom. The first-order valence-electron chi connectivity index (χ1n) is 8.58. The first-order chi connectivity index (χ1) is 12.5. The van der Waals surface area contributed by atoms with Crippen LogP contribution in [0.3, 0.4) is 0 Å². The molecule has 3 rings (SSSR count). The lowest BCUT2D eigenvalue weighted by molar-refractivity contribution is -0.132. The zero-order valence-corrected chi connectivity index (χ0v) is 16.2. The molecule has 0 aliphatic carbocycles. The molecule has 1 amide bonds. The van der Waals surface area contributed by atoms with Gasteiger partial charge in [-0.15, -0.1) is 0 Å². The number of hydrogen-bond donors (Lipinski definition) is 0. The van der Waals surface area contributed by atoms with Crippen LogP contribution in [0.15, 0.2) is 42.7 Å². The molecule has 138 valence electrons. The van der Waals surface area contributed by atoms with Crippen LogP contribution < -0.4 is 4.90 Å². The number of nitrogens with zero attached hydrogens (tertiary/aromatic N) is 4. The summed E-state index contributed by atoms with van der Waals surface area (Å²) in [4.78, 5) is 22.7. The number of rotatable bonds is 5. The Balaban J connectivity index is 1.50. The Morgan fingerprint density at radius 2 is 1.81 bits per heavy atom. The van der Waals surface area contributed by atoms with Gasteiger partial charge in [0.2, 0.25) is 5.91 Å². The van der Waals surface area contributed by atoms with Crippen molar-refractivity contribution in [2.45, 2.75) is 6.54 Å². The smallest absolute Gasteiger partial charge is 0.236 e. The van der Waals surface area contributed by atoms with Gasteiger partial charge in [0.25, 0.3) is 0 Å². The quantitative estimate of drug-likeness (QED) is 0.783. The fourth-order valence-electron chi connectivity index (χ4n) is 3.12. The number of halogens is 2. The lowest BCUT2D eigenvalue weighted by Gasteiger charge is -2.37. The van der Waals surface area contributed by atoms with Gasteiger partial charge in [-0.2, -0.15) is 0 Å². The van der Waals surface area contributed by atoms with Gasteiger partial charge in [-0.05, 0) is 42.9 Å². The van der Waals surface area contributed by atoms with E-state index in [0.717, 1.165) is 30.9 Å². The van der Waals surface area contributed by atoms with Crippen molar-refractivity contribution in [1.29, 1.82) is 0 Å². The Hall–Kier alpha value is -1.82. The van der Waals surface area contributed by atoms with E-state index in [-0.39, 0.29) is 5.91 Å². The Bertz CT molecular complexity index is 748. The first-order valence-corrected chi connectivity index (χ1v) is 9.34. The van der Waals surface area contributed by atoms with E-state index < -0.39 is 0 Å². The van der Waals surface area contributed by atoms with Crippen molar-refractivity contribution in [3.63, 3.8) is 0 Å². The van der Waals surface area contributed by atoms with Crippen molar-refractivity contribution in [3.05, 3.63) is 58.3 Å². The van der Waals surface area contributed by atoms with E-state index in [9.17, 15) is 4.79 Å².